The Hall–Kier alpha value is -3.56. The Morgan fingerprint density at radius 3 is 2.76 bits per heavy atom. The lowest BCUT2D eigenvalue weighted by Crippen LogP contribution is -2.28. The van der Waals surface area contributed by atoms with Crippen molar-refractivity contribution < 1.29 is 4.39 Å². The van der Waals surface area contributed by atoms with Gasteiger partial charge in [0.05, 0.1) is 39.0 Å². The number of hydrogen-bond acceptors (Lipinski definition) is 6. The summed E-state index contributed by atoms with van der Waals surface area (Å²) in [6.07, 6.45) is 3.49. The molecule has 11 heteroatoms. The molecule has 3 heterocycles. The number of anilines is 1. The SMILES string of the molecule is CC[C@H](Nc1ncnc2nc[nH]c12)c1nc2ccc(F)cc2c(=O)n1-c1ccc(Cl)c(Cl)c1. The fourth-order valence-corrected chi connectivity index (χ4v) is 3.96. The van der Waals surface area contributed by atoms with E-state index in [0.29, 0.717) is 45.5 Å². The molecule has 33 heavy (non-hydrogen) atoms. The van der Waals surface area contributed by atoms with Crippen LogP contribution < -0.4 is 10.9 Å². The molecule has 1 atom stereocenters. The van der Waals surface area contributed by atoms with Crippen LogP contribution in [0.15, 0.2) is 53.8 Å². The number of nitrogens with one attached hydrogen (secondary N) is 2. The van der Waals surface area contributed by atoms with Gasteiger partial charge in [-0.25, -0.2) is 24.3 Å². The van der Waals surface area contributed by atoms with Gasteiger partial charge >= 0.3 is 0 Å². The van der Waals surface area contributed by atoms with Crippen molar-refractivity contribution >= 4 is 51.1 Å². The van der Waals surface area contributed by atoms with E-state index >= 15 is 0 Å². The van der Waals surface area contributed by atoms with Crippen molar-refractivity contribution in [2.24, 2.45) is 0 Å². The van der Waals surface area contributed by atoms with E-state index in [1.165, 1.54) is 35.4 Å². The van der Waals surface area contributed by atoms with Gasteiger partial charge in [-0.05, 0) is 42.8 Å². The topological polar surface area (TPSA) is 101 Å². The van der Waals surface area contributed by atoms with Crippen LogP contribution in [0.25, 0.3) is 27.8 Å². The minimum absolute atomic E-state index is 0.151. The molecule has 0 aliphatic rings. The quantitative estimate of drug-likeness (QED) is 0.362. The van der Waals surface area contributed by atoms with Crippen molar-refractivity contribution in [1.29, 1.82) is 0 Å². The summed E-state index contributed by atoms with van der Waals surface area (Å²) in [4.78, 5) is 33.9. The van der Waals surface area contributed by atoms with Crippen LogP contribution in [0, 0.1) is 5.82 Å². The molecule has 2 aromatic carbocycles. The zero-order chi connectivity index (χ0) is 23.1. The van der Waals surface area contributed by atoms with Crippen molar-refractivity contribution in [2.45, 2.75) is 19.4 Å². The summed E-state index contributed by atoms with van der Waals surface area (Å²) < 4.78 is 15.4. The van der Waals surface area contributed by atoms with Gasteiger partial charge in [-0.3, -0.25) is 9.36 Å². The van der Waals surface area contributed by atoms with Gasteiger partial charge in [0, 0.05) is 0 Å². The summed E-state index contributed by atoms with van der Waals surface area (Å²) in [6.45, 7) is 1.95. The molecule has 0 aliphatic heterocycles. The summed E-state index contributed by atoms with van der Waals surface area (Å²) in [7, 11) is 0. The Labute approximate surface area is 196 Å². The highest BCUT2D eigenvalue weighted by Gasteiger charge is 2.22. The van der Waals surface area contributed by atoms with Crippen LogP contribution in [-0.4, -0.2) is 29.5 Å². The number of rotatable bonds is 5. The average molecular weight is 484 g/mol. The molecule has 5 aromatic rings. The van der Waals surface area contributed by atoms with Crippen LogP contribution in [0.2, 0.25) is 10.0 Å². The summed E-state index contributed by atoms with van der Waals surface area (Å²) in [5, 5.41) is 4.12. The number of hydrogen-bond donors (Lipinski definition) is 2. The molecule has 0 spiro atoms. The Kier molecular flexibility index (Phi) is 5.43. The van der Waals surface area contributed by atoms with Crippen molar-refractivity contribution in [3.8, 4) is 5.69 Å². The van der Waals surface area contributed by atoms with Crippen LogP contribution >= 0.6 is 23.2 Å². The molecule has 3 aromatic heterocycles. The van der Waals surface area contributed by atoms with Gasteiger partial charge in [0.2, 0.25) is 0 Å². The van der Waals surface area contributed by atoms with Crippen molar-refractivity contribution in [3.05, 3.63) is 81.1 Å². The number of aromatic nitrogens is 6. The first-order chi connectivity index (χ1) is 16.0. The highest BCUT2D eigenvalue weighted by molar-refractivity contribution is 6.42. The predicted molar refractivity (Wildman–Crippen MR) is 126 cm³/mol. The van der Waals surface area contributed by atoms with Gasteiger partial charge in [0.15, 0.2) is 11.5 Å². The van der Waals surface area contributed by atoms with Gasteiger partial charge in [-0.2, -0.15) is 0 Å². The number of imidazole rings is 1. The zero-order valence-electron chi connectivity index (χ0n) is 17.2. The monoisotopic (exact) mass is 483 g/mol. The molecule has 0 fully saturated rings. The maximum Gasteiger partial charge on any atom is 0.266 e. The van der Waals surface area contributed by atoms with Gasteiger partial charge in [-0.15, -0.1) is 0 Å². The summed E-state index contributed by atoms with van der Waals surface area (Å²) >= 11 is 12.3. The third kappa shape index (κ3) is 3.79. The first-order valence-electron chi connectivity index (χ1n) is 10.0. The lowest BCUT2D eigenvalue weighted by Gasteiger charge is -2.22. The Bertz CT molecular complexity index is 1570. The lowest BCUT2D eigenvalue weighted by atomic mass is 10.1. The standard InChI is InChI=1S/C22H16Cl2FN7O/c1-2-16(30-20-18-19(27-9-26-18)28-10-29-20)21-31-17-6-3-11(25)7-13(17)22(33)32(21)12-4-5-14(23)15(24)8-12/h3-10,16H,2H2,1H3,(H2,26,27,28,29,30)/t16-/m0/s1. The third-order valence-electron chi connectivity index (χ3n) is 5.27. The zero-order valence-corrected chi connectivity index (χ0v) is 18.7. The smallest absolute Gasteiger partial charge is 0.266 e. The Balaban J connectivity index is 1.74. The van der Waals surface area contributed by atoms with Crippen LogP contribution in [-0.2, 0) is 0 Å². The van der Waals surface area contributed by atoms with E-state index in [9.17, 15) is 9.18 Å². The van der Waals surface area contributed by atoms with E-state index < -0.39 is 17.4 Å². The second-order valence-electron chi connectivity index (χ2n) is 7.30. The number of aromatic amines is 1. The fourth-order valence-electron chi connectivity index (χ4n) is 3.67. The van der Waals surface area contributed by atoms with Crippen molar-refractivity contribution in [1.82, 2.24) is 29.5 Å². The Morgan fingerprint density at radius 2 is 1.97 bits per heavy atom. The molecule has 0 aliphatic carbocycles. The normalized spacial score (nSPS) is 12.4. The van der Waals surface area contributed by atoms with Gasteiger partial charge in [-0.1, -0.05) is 30.1 Å². The highest BCUT2D eigenvalue weighted by Crippen LogP contribution is 2.29. The van der Waals surface area contributed by atoms with Crippen LogP contribution in [0.1, 0.15) is 25.2 Å². The summed E-state index contributed by atoms with van der Waals surface area (Å²) in [5.41, 5.74) is 1.54. The minimum atomic E-state index is -0.525. The number of nitrogens with zero attached hydrogens (tertiary/aromatic N) is 5. The van der Waals surface area contributed by atoms with Gasteiger partial charge in [0.25, 0.3) is 5.56 Å². The van der Waals surface area contributed by atoms with Crippen LogP contribution in [0.3, 0.4) is 0 Å². The fraction of sp³-hybridized carbons (Fsp3) is 0.136. The maximum atomic E-state index is 13.9. The molecular formula is C22H16Cl2FN7O. The predicted octanol–water partition coefficient (Wildman–Crippen LogP) is 5.06. The van der Waals surface area contributed by atoms with E-state index in [0.717, 1.165) is 0 Å². The van der Waals surface area contributed by atoms with Crippen molar-refractivity contribution in [3.63, 3.8) is 0 Å². The van der Waals surface area contributed by atoms with E-state index in [2.05, 4.69) is 25.3 Å². The second kappa shape index (κ2) is 8.42. The average Bonchev–Trinajstić information content (AvgIpc) is 3.29. The lowest BCUT2D eigenvalue weighted by molar-refractivity contribution is 0.628. The molecule has 5 rings (SSSR count). The highest BCUT2D eigenvalue weighted by atomic mass is 35.5. The van der Waals surface area contributed by atoms with E-state index in [4.69, 9.17) is 28.2 Å². The minimum Gasteiger partial charge on any atom is -0.358 e. The van der Waals surface area contributed by atoms with E-state index in [1.54, 1.807) is 18.2 Å². The molecule has 0 saturated carbocycles. The number of fused-ring (bicyclic) bond motifs is 2. The van der Waals surface area contributed by atoms with Gasteiger partial charge < -0.3 is 10.3 Å². The van der Waals surface area contributed by atoms with Crippen LogP contribution in [0.5, 0.6) is 0 Å². The van der Waals surface area contributed by atoms with Gasteiger partial charge in [0.1, 0.15) is 23.5 Å². The van der Waals surface area contributed by atoms with Crippen LogP contribution in [0.4, 0.5) is 10.2 Å². The molecule has 0 unspecified atom stereocenters. The summed E-state index contributed by atoms with van der Waals surface area (Å²) in [6, 6.07) is 8.33. The molecule has 0 saturated heterocycles. The largest absolute Gasteiger partial charge is 0.358 e. The van der Waals surface area contributed by atoms with Crippen molar-refractivity contribution in [2.75, 3.05) is 5.32 Å². The number of benzene rings is 2. The number of halogens is 3. The molecule has 0 bridgehead atoms. The molecule has 0 radical (unpaired) electrons. The third-order valence-corrected chi connectivity index (χ3v) is 6.01. The second-order valence-corrected chi connectivity index (χ2v) is 8.11. The molecule has 8 nitrogen and oxygen atoms in total. The molecular weight excluding hydrogens is 468 g/mol. The maximum absolute atomic E-state index is 13.9. The molecule has 0 amide bonds. The summed E-state index contributed by atoms with van der Waals surface area (Å²) in [5.74, 6) is 0.396. The first kappa shape index (κ1) is 21.3. The number of H-pyrrole nitrogens is 1. The van der Waals surface area contributed by atoms with E-state index in [-0.39, 0.29) is 10.4 Å². The first-order valence-corrected chi connectivity index (χ1v) is 10.8. The Morgan fingerprint density at radius 1 is 1.12 bits per heavy atom. The molecule has 2 N–H and O–H groups in total. The van der Waals surface area contributed by atoms with E-state index in [1.807, 2.05) is 6.92 Å². The molecule has 166 valence electrons.